The molecule has 0 aromatic heterocycles. The maximum Gasteiger partial charge on any atom is 0.123 e. The van der Waals surface area contributed by atoms with Gasteiger partial charge in [-0.1, -0.05) is 18.2 Å². The third kappa shape index (κ3) is 3.72. The molecule has 1 aliphatic rings. The fraction of sp³-hybridized carbons (Fsp3) is 0.571. The molecule has 3 heteroatoms. The van der Waals surface area contributed by atoms with Gasteiger partial charge in [-0.25, -0.2) is 0 Å². The highest BCUT2D eigenvalue weighted by molar-refractivity contribution is 5.32. The normalized spacial score (nSPS) is 20.2. The van der Waals surface area contributed by atoms with E-state index in [-0.39, 0.29) is 0 Å². The topological polar surface area (TPSA) is 33.3 Å². The SMILES string of the molecule is COc1ccccc1CNCC1CCCNC1. The van der Waals surface area contributed by atoms with Crippen LogP contribution in [0.15, 0.2) is 24.3 Å². The average Bonchev–Trinajstić information content (AvgIpc) is 2.40. The van der Waals surface area contributed by atoms with Crippen LogP contribution in [-0.2, 0) is 6.54 Å². The number of rotatable bonds is 5. The summed E-state index contributed by atoms with van der Waals surface area (Å²) in [6.07, 6.45) is 2.65. The molecule has 0 bridgehead atoms. The lowest BCUT2D eigenvalue weighted by atomic mass is 10.00. The van der Waals surface area contributed by atoms with Crippen molar-refractivity contribution in [2.24, 2.45) is 5.92 Å². The average molecular weight is 234 g/mol. The number of nitrogens with one attached hydrogen (secondary N) is 2. The number of hydrogen-bond donors (Lipinski definition) is 2. The highest BCUT2D eigenvalue weighted by Gasteiger charge is 2.12. The molecule has 2 N–H and O–H groups in total. The second-order valence-electron chi connectivity index (χ2n) is 4.66. The van der Waals surface area contributed by atoms with E-state index in [1.165, 1.54) is 24.9 Å². The molecule has 0 radical (unpaired) electrons. The van der Waals surface area contributed by atoms with E-state index in [4.69, 9.17) is 4.74 Å². The van der Waals surface area contributed by atoms with Gasteiger partial charge < -0.3 is 15.4 Å². The molecule has 0 aliphatic carbocycles. The van der Waals surface area contributed by atoms with Gasteiger partial charge in [0.1, 0.15) is 5.75 Å². The molecule has 17 heavy (non-hydrogen) atoms. The summed E-state index contributed by atoms with van der Waals surface area (Å²) in [5, 5.41) is 6.97. The minimum atomic E-state index is 0.776. The fourth-order valence-electron chi connectivity index (χ4n) is 2.36. The van der Waals surface area contributed by atoms with Crippen molar-refractivity contribution in [2.75, 3.05) is 26.7 Å². The smallest absolute Gasteiger partial charge is 0.123 e. The van der Waals surface area contributed by atoms with Crippen molar-refractivity contribution in [1.29, 1.82) is 0 Å². The van der Waals surface area contributed by atoms with Gasteiger partial charge >= 0.3 is 0 Å². The molecule has 0 saturated carbocycles. The Morgan fingerprint density at radius 2 is 2.29 bits per heavy atom. The van der Waals surface area contributed by atoms with Gasteiger partial charge in [-0.15, -0.1) is 0 Å². The van der Waals surface area contributed by atoms with Gasteiger partial charge in [0.05, 0.1) is 7.11 Å². The summed E-state index contributed by atoms with van der Waals surface area (Å²) in [6.45, 7) is 4.31. The Bertz CT molecular complexity index is 335. The maximum atomic E-state index is 5.34. The molecule has 1 heterocycles. The molecular formula is C14H22N2O. The summed E-state index contributed by atoms with van der Waals surface area (Å²) in [5.74, 6) is 1.75. The molecule has 3 nitrogen and oxygen atoms in total. The van der Waals surface area contributed by atoms with E-state index in [1.807, 2.05) is 12.1 Å². The number of hydrogen-bond acceptors (Lipinski definition) is 3. The number of piperidine rings is 1. The van der Waals surface area contributed by atoms with Crippen LogP contribution in [0.3, 0.4) is 0 Å². The third-order valence-corrected chi connectivity index (χ3v) is 3.34. The van der Waals surface area contributed by atoms with E-state index in [0.29, 0.717) is 0 Å². The quantitative estimate of drug-likeness (QED) is 0.815. The van der Waals surface area contributed by atoms with Gasteiger partial charge in [-0.05, 0) is 44.5 Å². The lowest BCUT2D eigenvalue weighted by Gasteiger charge is -2.23. The van der Waals surface area contributed by atoms with Crippen LogP contribution in [0.25, 0.3) is 0 Å². The number of methoxy groups -OCH3 is 1. The first-order chi connectivity index (χ1) is 8.40. The Labute approximate surface area is 104 Å². The predicted octanol–water partition coefficient (Wildman–Crippen LogP) is 1.78. The van der Waals surface area contributed by atoms with Crippen molar-refractivity contribution in [3.8, 4) is 5.75 Å². The van der Waals surface area contributed by atoms with Crippen LogP contribution in [0, 0.1) is 5.92 Å². The van der Waals surface area contributed by atoms with E-state index in [1.54, 1.807) is 7.11 Å². The van der Waals surface area contributed by atoms with E-state index in [9.17, 15) is 0 Å². The Hall–Kier alpha value is -1.06. The van der Waals surface area contributed by atoms with Gasteiger partial charge in [0.2, 0.25) is 0 Å². The summed E-state index contributed by atoms with van der Waals surface area (Å²) in [6, 6.07) is 8.19. The van der Waals surface area contributed by atoms with Gasteiger partial charge in [0, 0.05) is 12.1 Å². The molecule has 0 amide bonds. The fourth-order valence-corrected chi connectivity index (χ4v) is 2.36. The second kappa shape index (κ2) is 6.62. The predicted molar refractivity (Wildman–Crippen MR) is 70.3 cm³/mol. The van der Waals surface area contributed by atoms with Crippen molar-refractivity contribution in [1.82, 2.24) is 10.6 Å². The van der Waals surface area contributed by atoms with Gasteiger partial charge in [0.25, 0.3) is 0 Å². The molecule has 1 unspecified atom stereocenters. The molecular weight excluding hydrogens is 212 g/mol. The summed E-state index contributed by atoms with van der Waals surface area (Å²) in [7, 11) is 1.73. The number of ether oxygens (including phenoxy) is 1. The minimum absolute atomic E-state index is 0.776. The molecule has 1 fully saturated rings. The van der Waals surface area contributed by atoms with E-state index in [0.717, 1.165) is 31.3 Å². The van der Waals surface area contributed by atoms with Gasteiger partial charge in [0.15, 0.2) is 0 Å². The zero-order valence-electron chi connectivity index (χ0n) is 10.5. The lowest BCUT2D eigenvalue weighted by Crippen LogP contribution is -2.35. The molecule has 1 aliphatic heterocycles. The van der Waals surface area contributed by atoms with Crippen LogP contribution < -0.4 is 15.4 Å². The number of para-hydroxylation sites is 1. The van der Waals surface area contributed by atoms with Crippen molar-refractivity contribution < 1.29 is 4.74 Å². The Morgan fingerprint density at radius 3 is 3.06 bits per heavy atom. The van der Waals surface area contributed by atoms with Crippen LogP contribution in [-0.4, -0.2) is 26.7 Å². The second-order valence-corrected chi connectivity index (χ2v) is 4.66. The standard InChI is InChI=1S/C14H22N2O/c1-17-14-7-3-2-6-13(14)11-16-10-12-5-4-8-15-9-12/h2-3,6-7,12,15-16H,4-5,8-11H2,1H3. The number of benzene rings is 1. The molecule has 1 atom stereocenters. The molecule has 0 spiro atoms. The van der Waals surface area contributed by atoms with Crippen LogP contribution in [0.4, 0.5) is 0 Å². The first-order valence-electron chi connectivity index (χ1n) is 6.43. The van der Waals surface area contributed by atoms with E-state index >= 15 is 0 Å². The van der Waals surface area contributed by atoms with Crippen molar-refractivity contribution >= 4 is 0 Å². The summed E-state index contributed by atoms with van der Waals surface area (Å²) in [4.78, 5) is 0. The first kappa shape index (κ1) is 12.4. The minimum Gasteiger partial charge on any atom is -0.496 e. The van der Waals surface area contributed by atoms with Crippen LogP contribution in [0.2, 0.25) is 0 Å². The molecule has 1 saturated heterocycles. The summed E-state index contributed by atoms with van der Waals surface area (Å²) < 4.78 is 5.34. The summed E-state index contributed by atoms with van der Waals surface area (Å²) in [5.41, 5.74) is 1.23. The zero-order chi connectivity index (χ0) is 11.9. The van der Waals surface area contributed by atoms with Crippen LogP contribution in [0.1, 0.15) is 18.4 Å². The summed E-state index contributed by atoms with van der Waals surface area (Å²) >= 11 is 0. The molecule has 2 rings (SSSR count). The largest absolute Gasteiger partial charge is 0.496 e. The lowest BCUT2D eigenvalue weighted by molar-refractivity contribution is 0.357. The molecule has 1 aromatic carbocycles. The van der Waals surface area contributed by atoms with Gasteiger partial charge in [-0.3, -0.25) is 0 Å². The Kier molecular flexibility index (Phi) is 4.83. The Balaban J connectivity index is 1.77. The van der Waals surface area contributed by atoms with Crippen molar-refractivity contribution in [3.63, 3.8) is 0 Å². The van der Waals surface area contributed by atoms with E-state index < -0.39 is 0 Å². The first-order valence-corrected chi connectivity index (χ1v) is 6.43. The zero-order valence-corrected chi connectivity index (χ0v) is 10.5. The maximum absolute atomic E-state index is 5.34. The van der Waals surface area contributed by atoms with Crippen molar-refractivity contribution in [3.05, 3.63) is 29.8 Å². The van der Waals surface area contributed by atoms with Gasteiger partial charge in [-0.2, -0.15) is 0 Å². The molecule has 94 valence electrons. The highest BCUT2D eigenvalue weighted by atomic mass is 16.5. The van der Waals surface area contributed by atoms with E-state index in [2.05, 4.69) is 22.8 Å². The monoisotopic (exact) mass is 234 g/mol. The van der Waals surface area contributed by atoms with Crippen LogP contribution >= 0.6 is 0 Å². The highest BCUT2D eigenvalue weighted by Crippen LogP contribution is 2.17. The van der Waals surface area contributed by atoms with Crippen LogP contribution in [0.5, 0.6) is 5.75 Å². The van der Waals surface area contributed by atoms with Crippen molar-refractivity contribution in [2.45, 2.75) is 19.4 Å². The Morgan fingerprint density at radius 1 is 1.41 bits per heavy atom. The third-order valence-electron chi connectivity index (χ3n) is 3.34. The molecule has 1 aromatic rings.